The van der Waals surface area contributed by atoms with Gasteiger partial charge in [0.25, 0.3) is 5.56 Å². The van der Waals surface area contributed by atoms with Crippen LogP contribution in [0.15, 0.2) is 59.4 Å². The fourth-order valence-electron chi connectivity index (χ4n) is 4.02. The van der Waals surface area contributed by atoms with E-state index in [9.17, 15) is 14.4 Å². The van der Waals surface area contributed by atoms with E-state index >= 15 is 0 Å². The fourth-order valence-corrected chi connectivity index (χ4v) is 4.02. The van der Waals surface area contributed by atoms with Crippen LogP contribution in [0.1, 0.15) is 24.2 Å². The van der Waals surface area contributed by atoms with E-state index in [1.54, 1.807) is 18.2 Å². The number of aryl methyl sites for hydroxylation is 1. The van der Waals surface area contributed by atoms with E-state index in [0.29, 0.717) is 29.7 Å². The SMILES string of the molecule is O=C(CCc1nc2ccccc2c(=O)[nH]1)NNC(=O)CCN1CCN(Cc2ccccc2)CC1. The first-order chi connectivity index (χ1) is 16.6. The van der Waals surface area contributed by atoms with E-state index in [4.69, 9.17) is 0 Å². The number of piperazine rings is 1. The maximum absolute atomic E-state index is 12.1. The summed E-state index contributed by atoms with van der Waals surface area (Å²) < 4.78 is 0. The van der Waals surface area contributed by atoms with Gasteiger partial charge in [0, 0.05) is 58.5 Å². The van der Waals surface area contributed by atoms with Gasteiger partial charge in [0.15, 0.2) is 0 Å². The van der Waals surface area contributed by atoms with Gasteiger partial charge in [-0.1, -0.05) is 42.5 Å². The minimum atomic E-state index is -0.335. The monoisotopic (exact) mass is 462 g/mol. The lowest BCUT2D eigenvalue weighted by atomic mass is 10.2. The molecule has 0 unspecified atom stereocenters. The molecule has 2 aromatic carbocycles. The van der Waals surface area contributed by atoms with Gasteiger partial charge in [-0.15, -0.1) is 0 Å². The molecule has 3 N–H and O–H groups in total. The Labute approximate surface area is 198 Å². The highest BCUT2D eigenvalue weighted by Crippen LogP contribution is 2.09. The summed E-state index contributed by atoms with van der Waals surface area (Å²) in [6, 6.07) is 17.5. The third kappa shape index (κ3) is 6.72. The van der Waals surface area contributed by atoms with E-state index in [0.717, 1.165) is 32.7 Å². The van der Waals surface area contributed by atoms with Crippen LogP contribution in [0.25, 0.3) is 10.9 Å². The predicted octanol–water partition coefficient (Wildman–Crippen LogP) is 1.21. The van der Waals surface area contributed by atoms with Gasteiger partial charge in [0.1, 0.15) is 5.82 Å². The number of carbonyl (C=O) groups is 2. The van der Waals surface area contributed by atoms with Gasteiger partial charge in [0.05, 0.1) is 10.9 Å². The molecule has 0 atom stereocenters. The summed E-state index contributed by atoms with van der Waals surface area (Å²) in [6.45, 7) is 5.39. The Morgan fingerprint density at radius 3 is 2.26 bits per heavy atom. The van der Waals surface area contributed by atoms with Crippen LogP contribution >= 0.6 is 0 Å². The Balaban J connectivity index is 1.12. The zero-order valence-corrected chi connectivity index (χ0v) is 19.1. The number of carbonyl (C=O) groups excluding carboxylic acids is 2. The van der Waals surface area contributed by atoms with Crippen LogP contribution in [-0.2, 0) is 22.6 Å². The van der Waals surface area contributed by atoms with Gasteiger partial charge < -0.3 is 9.88 Å². The molecular weight excluding hydrogens is 432 g/mol. The number of hydrogen-bond donors (Lipinski definition) is 3. The summed E-state index contributed by atoms with van der Waals surface area (Å²) in [5, 5.41) is 0.514. The molecule has 0 bridgehead atoms. The Hall–Kier alpha value is -3.56. The van der Waals surface area contributed by atoms with Crippen molar-refractivity contribution in [3.63, 3.8) is 0 Å². The highest BCUT2D eigenvalue weighted by molar-refractivity contribution is 5.82. The molecule has 1 fully saturated rings. The van der Waals surface area contributed by atoms with Crippen molar-refractivity contribution >= 4 is 22.7 Å². The van der Waals surface area contributed by atoms with Gasteiger partial charge in [-0.2, -0.15) is 0 Å². The Morgan fingerprint density at radius 1 is 0.853 bits per heavy atom. The van der Waals surface area contributed by atoms with E-state index in [2.05, 4.69) is 54.9 Å². The lowest BCUT2D eigenvalue weighted by Crippen LogP contribution is -2.47. The first-order valence-electron chi connectivity index (χ1n) is 11.6. The molecule has 2 heterocycles. The highest BCUT2D eigenvalue weighted by atomic mass is 16.2. The second kappa shape index (κ2) is 11.5. The number of hydrogen-bond acceptors (Lipinski definition) is 6. The minimum Gasteiger partial charge on any atom is -0.310 e. The Morgan fingerprint density at radius 2 is 1.50 bits per heavy atom. The van der Waals surface area contributed by atoms with Crippen LogP contribution in [0.5, 0.6) is 0 Å². The average molecular weight is 463 g/mol. The fraction of sp³-hybridized carbons (Fsp3) is 0.360. The molecule has 0 radical (unpaired) electrons. The molecule has 9 nitrogen and oxygen atoms in total. The second-order valence-corrected chi connectivity index (χ2v) is 8.48. The maximum Gasteiger partial charge on any atom is 0.258 e. The van der Waals surface area contributed by atoms with Gasteiger partial charge in [0.2, 0.25) is 11.8 Å². The summed E-state index contributed by atoms with van der Waals surface area (Å²) in [4.78, 5) is 48.1. The van der Waals surface area contributed by atoms with E-state index in [-0.39, 0.29) is 30.2 Å². The molecule has 9 heteroatoms. The first kappa shape index (κ1) is 23.6. The maximum atomic E-state index is 12.1. The average Bonchev–Trinajstić information content (AvgIpc) is 2.86. The van der Waals surface area contributed by atoms with E-state index < -0.39 is 0 Å². The molecule has 3 aromatic rings. The Kier molecular flexibility index (Phi) is 8.00. The number of benzene rings is 2. The van der Waals surface area contributed by atoms with Crippen LogP contribution in [0, 0.1) is 0 Å². The number of hydrazine groups is 1. The van der Waals surface area contributed by atoms with Crippen molar-refractivity contribution in [3.05, 3.63) is 76.3 Å². The van der Waals surface area contributed by atoms with Crippen LogP contribution in [-0.4, -0.2) is 64.3 Å². The molecule has 1 aliphatic heterocycles. The zero-order chi connectivity index (χ0) is 23.8. The molecule has 2 amide bonds. The largest absolute Gasteiger partial charge is 0.310 e. The number of nitrogens with zero attached hydrogens (tertiary/aromatic N) is 3. The van der Waals surface area contributed by atoms with Gasteiger partial charge in [-0.25, -0.2) is 4.98 Å². The summed E-state index contributed by atoms with van der Waals surface area (Å²) in [6.07, 6.45) is 0.693. The summed E-state index contributed by atoms with van der Waals surface area (Å²) in [5.74, 6) is -0.118. The van der Waals surface area contributed by atoms with E-state index in [1.165, 1.54) is 5.56 Å². The standard InChI is InChI=1S/C25H30N6O3/c32-23(11-10-22-26-21-9-5-4-8-20(21)25(34)27-22)28-29-24(33)12-13-30-14-16-31(17-15-30)18-19-6-2-1-3-7-19/h1-9H,10-18H2,(H,28,32)(H,29,33)(H,26,27,34). The smallest absolute Gasteiger partial charge is 0.258 e. The summed E-state index contributed by atoms with van der Waals surface area (Å²) in [7, 11) is 0. The number of fused-ring (bicyclic) bond motifs is 1. The number of aromatic nitrogens is 2. The van der Waals surface area contributed by atoms with Gasteiger partial charge in [-0.05, 0) is 17.7 Å². The van der Waals surface area contributed by atoms with E-state index in [1.807, 2.05) is 12.1 Å². The molecule has 34 heavy (non-hydrogen) atoms. The zero-order valence-electron chi connectivity index (χ0n) is 19.1. The lowest BCUT2D eigenvalue weighted by Gasteiger charge is -2.34. The van der Waals surface area contributed by atoms with Crippen molar-refractivity contribution in [2.45, 2.75) is 25.8 Å². The van der Waals surface area contributed by atoms with Crippen molar-refractivity contribution < 1.29 is 9.59 Å². The van der Waals surface area contributed by atoms with Crippen molar-refractivity contribution in [2.24, 2.45) is 0 Å². The molecule has 0 spiro atoms. The van der Waals surface area contributed by atoms with Gasteiger partial charge >= 0.3 is 0 Å². The van der Waals surface area contributed by atoms with Crippen molar-refractivity contribution in [3.8, 4) is 0 Å². The number of rotatable bonds is 8. The molecule has 1 saturated heterocycles. The topological polar surface area (TPSA) is 110 Å². The van der Waals surface area contributed by atoms with Crippen molar-refractivity contribution in [1.29, 1.82) is 0 Å². The lowest BCUT2D eigenvalue weighted by molar-refractivity contribution is -0.129. The molecule has 0 aliphatic carbocycles. The van der Waals surface area contributed by atoms with Crippen LogP contribution in [0.2, 0.25) is 0 Å². The number of nitrogens with one attached hydrogen (secondary N) is 3. The molecule has 1 aliphatic rings. The minimum absolute atomic E-state index is 0.102. The van der Waals surface area contributed by atoms with Crippen LogP contribution < -0.4 is 16.4 Å². The third-order valence-corrected chi connectivity index (χ3v) is 5.96. The van der Waals surface area contributed by atoms with Crippen molar-refractivity contribution in [1.82, 2.24) is 30.6 Å². The molecule has 1 aromatic heterocycles. The quantitative estimate of drug-likeness (QED) is 0.434. The number of amides is 2. The molecular formula is C25H30N6O3. The third-order valence-electron chi connectivity index (χ3n) is 5.96. The summed E-state index contributed by atoms with van der Waals surface area (Å²) >= 11 is 0. The molecule has 4 rings (SSSR count). The summed E-state index contributed by atoms with van der Waals surface area (Å²) in [5.41, 5.74) is 6.59. The second-order valence-electron chi connectivity index (χ2n) is 8.48. The Bertz CT molecular complexity index is 1170. The van der Waals surface area contributed by atoms with Crippen LogP contribution in [0.4, 0.5) is 0 Å². The number of aromatic amines is 1. The number of para-hydroxylation sites is 1. The molecule has 178 valence electrons. The first-order valence-corrected chi connectivity index (χ1v) is 11.6. The van der Waals surface area contributed by atoms with Crippen LogP contribution in [0.3, 0.4) is 0 Å². The number of H-pyrrole nitrogens is 1. The highest BCUT2D eigenvalue weighted by Gasteiger charge is 2.17. The van der Waals surface area contributed by atoms with Crippen molar-refractivity contribution in [2.75, 3.05) is 32.7 Å². The van der Waals surface area contributed by atoms with Gasteiger partial charge in [-0.3, -0.25) is 30.1 Å². The predicted molar refractivity (Wildman–Crippen MR) is 130 cm³/mol. The molecule has 0 saturated carbocycles. The normalized spacial score (nSPS) is 14.7.